The molecule has 0 saturated carbocycles. The summed E-state index contributed by atoms with van der Waals surface area (Å²) in [6, 6.07) is 1.56. The van der Waals surface area contributed by atoms with E-state index in [1.807, 2.05) is 33.2 Å². The van der Waals surface area contributed by atoms with Gasteiger partial charge in [-0.2, -0.15) is 5.10 Å². The van der Waals surface area contributed by atoms with Crippen LogP contribution in [0.25, 0.3) is 0 Å². The highest BCUT2D eigenvalue weighted by molar-refractivity contribution is 6.05. The average molecular weight is 278 g/mol. The van der Waals surface area contributed by atoms with Crippen LogP contribution in [0.1, 0.15) is 32.4 Å². The molecule has 1 N–H and O–H groups in total. The van der Waals surface area contributed by atoms with Crippen LogP contribution in [-0.2, 0) is 23.1 Å². The Morgan fingerprint density at radius 3 is 2.85 bits per heavy atom. The first-order valence-electron chi connectivity index (χ1n) is 7.10. The topological polar surface area (TPSA) is 67.2 Å². The van der Waals surface area contributed by atoms with E-state index in [0.717, 1.165) is 18.5 Å². The number of hydrogen-bond acceptors (Lipinski definition) is 4. The molecule has 1 aromatic rings. The molecule has 0 radical (unpaired) electrons. The minimum atomic E-state index is -0.375. The Kier molecular flexibility index (Phi) is 4.54. The first-order chi connectivity index (χ1) is 9.52. The number of nitrogens with zero attached hydrogens (tertiary/aromatic N) is 3. The lowest BCUT2D eigenvalue weighted by Crippen LogP contribution is -2.43. The lowest BCUT2D eigenvalue weighted by molar-refractivity contribution is -0.141. The monoisotopic (exact) mass is 278 g/mol. The van der Waals surface area contributed by atoms with Crippen LogP contribution in [0.2, 0.25) is 0 Å². The van der Waals surface area contributed by atoms with Crippen molar-refractivity contribution in [3.8, 4) is 0 Å². The van der Waals surface area contributed by atoms with Crippen LogP contribution in [-0.4, -0.2) is 45.1 Å². The summed E-state index contributed by atoms with van der Waals surface area (Å²) < 4.78 is 1.75. The van der Waals surface area contributed by atoms with Gasteiger partial charge in [0.25, 0.3) is 0 Å². The molecule has 0 spiro atoms. The maximum Gasteiger partial charge on any atom is 0.247 e. The third kappa shape index (κ3) is 3.07. The molecule has 0 bridgehead atoms. The van der Waals surface area contributed by atoms with Crippen molar-refractivity contribution in [3.63, 3.8) is 0 Å². The van der Waals surface area contributed by atoms with Gasteiger partial charge in [0.15, 0.2) is 0 Å². The fraction of sp³-hybridized carbons (Fsp3) is 0.643. The molecular formula is C14H22N4O2. The lowest BCUT2D eigenvalue weighted by Gasteiger charge is -2.21. The molecule has 6 nitrogen and oxygen atoms in total. The van der Waals surface area contributed by atoms with E-state index in [2.05, 4.69) is 10.4 Å². The summed E-state index contributed by atoms with van der Waals surface area (Å²) in [4.78, 5) is 25.5. The van der Waals surface area contributed by atoms with Gasteiger partial charge in [-0.15, -0.1) is 0 Å². The van der Waals surface area contributed by atoms with Crippen molar-refractivity contribution < 1.29 is 9.59 Å². The normalized spacial score (nSPS) is 20.8. The Bertz CT molecular complexity index is 497. The van der Waals surface area contributed by atoms with E-state index < -0.39 is 0 Å². The van der Waals surface area contributed by atoms with Gasteiger partial charge in [0.05, 0.1) is 18.2 Å². The van der Waals surface area contributed by atoms with Crippen molar-refractivity contribution in [1.82, 2.24) is 20.0 Å². The van der Waals surface area contributed by atoms with Gasteiger partial charge in [-0.25, -0.2) is 0 Å². The van der Waals surface area contributed by atoms with E-state index in [0.29, 0.717) is 6.54 Å². The molecule has 110 valence electrons. The Morgan fingerprint density at radius 2 is 2.25 bits per heavy atom. The van der Waals surface area contributed by atoms with Crippen molar-refractivity contribution in [2.75, 3.05) is 6.54 Å². The summed E-state index contributed by atoms with van der Waals surface area (Å²) in [5.41, 5.74) is 0.982. The highest BCUT2D eigenvalue weighted by atomic mass is 16.2. The molecular weight excluding hydrogens is 256 g/mol. The van der Waals surface area contributed by atoms with Crippen LogP contribution in [0, 0.1) is 0 Å². The molecule has 2 amide bonds. The number of likely N-dealkylation sites (tertiary alicyclic amines) is 1. The number of rotatable bonds is 6. The van der Waals surface area contributed by atoms with Crippen molar-refractivity contribution in [2.24, 2.45) is 7.05 Å². The molecule has 1 aliphatic rings. The summed E-state index contributed by atoms with van der Waals surface area (Å²) in [6.07, 6.45) is 3.70. The molecule has 6 heteroatoms. The number of imide groups is 1. The minimum absolute atomic E-state index is 0.0161. The second-order valence-corrected chi connectivity index (χ2v) is 5.30. The number of nitrogens with one attached hydrogen (secondary N) is 1. The summed E-state index contributed by atoms with van der Waals surface area (Å²) >= 11 is 0. The van der Waals surface area contributed by atoms with Crippen LogP contribution in [0.3, 0.4) is 0 Å². The summed E-state index contributed by atoms with van der Waals surface area (Å²) in [7, 11) is 1.88. The molecule has 2 unspecified atom stereocenters. The zero-order chi connectivity index (χ0) is 14.7. The molecule has 20 heavy (non-hydrogen) atoms. The third-order valence-corrected chi connectivity index (χ3v) is 3.76. The number of aryl methyl sites for hydroxylation is 1. The van der Waals surface area contributed by atoms with Crippen molar-refractivity contribution in [2.45, 2.75) is 45.2 Å². The van der Waals surface area contributed by atoms with Crippen molar-refractivity contribution >= 4 is 11.8 Å². The van der Waals surface area contributed by atoms with Gasteiger partial charge in [0, 0.05) is 32.3 Å². The minimum Gasteiger partial charge on any atom is -0.305 e. The maximum absolute atomic E-state index is 12.2. The predicted octanol–water partition coefficient (Wildman–Crippen LogP) is 0.478. The SMILES string of the molecule is CCC(C)N1C(=O)CC(NCCc2ccn(C)n2)C1=O. The lowest BCUT2D eigenvalue weighted by atomic mass is 10.2. The number of amides is 2. The first-order valence-corrected chi connectivity index (χ1v) is 7.10. The summed E-state index contributed by atoms with van der Waals surface area (Å²) in [5.74, 6) is -0.162. The molecule has 1 fully saturated rings. The zero-order valence-corrected chi connectivity index (χ0v) is 12.3. The Hall–Kier alpha value is -1.69. The Labute approximate surface area is 119 Å². The van der Waals surface area contributed by atoms with Crippen molar-refractivity contribution in [3.05, 3.63) is 18.0 Å². The van der Waals surface area contributed by atoms with E-state index in [-0.39, 0.29) is 30.3 Å². The Morgan fingerprint density at radius 1 is 1.50 bits per heavy atom. The van der Waals surface area contributed by atoms with Crippen LogP contribution in [0.15, 0.2) is 12.3 Å². The second kappa shape index (κ2) is 6.17. The molecule has 1 aliphatic heterocycles. The molecule has 0 aromatic carbocycles. The molecule has 0 aliphatic carbocycles. The number of hydrogen-bond donors (Lipinski definition) is 1. The molecule has 2 rings (SSSR count). The van der Waals surface area contributed by atoms with Crippen LogP contribution < -0.4 is 5.32 Å². The van der Waals surface area contributed by atoms with Gasteiger partial charge in [0.2, 0.25) is 11.8 Å². The van der Waals surface area contributed by atoms with E-state index in [4.69, 9.17) is 0 Å². The van der Waals surface area contributed by atoms with E-state index >= 15 is 0 Å². The number of carbonyl (C=O) groups is 2. The average Bonchev–Trinajstić information content (AvgIpc) is 2.94. The number of carbonyl (C=O) groups excluding carboxylic acids is 2. The molecule has 1 aromatic heterocycles. The summed E-state index contributed by atoms with van der Waals surface area (Å²) in [5, 5.41) is 7.45. The Balaban J connectivity index is 1.85. The largest absolute Gasteiger partial charge is 0.305 e. The third-order valence-electron chi connectivity index (χ3n) is 3.76. The van der Waals surface area contributed by atoms with Gasteiger partial charge in [-0.05, 0) is 19.4 Å². The van der Waals surface area contributed by atoms with E-state index in [1.165, 1.54) is 4.90 Å². The van der Waals surface area contributed by atoms with Crippen LogP contribution in [0.4, 0.5) is 0 Å². The zero-order valence-electron chi connectivity index (χ0n) is 12.3. The second-order valence-electron chi connectivity index (χ2n) is 5.30. The molecule has 2 atom stereocenters. The maximum atomic E-state index is 12.2. The molecule has 1 saturated heterocycles. The highest BCUT2D eigenvalue weighted by Crippen LogP contribution is 2.17. The smallest absolute Gasteiger partial charge is 0.247 e. The van der Waals surface area contributed by atoms with Gasteiger partial charge in [-0.1, -0.05) is 6.92 Å². The fourth-order valence-corrected chi connectivity index (χ4v) is 2.43. The standard InChI is InChI=1S/C14H22N4O2/c1-4-10(2)18-13(19)9-12(14(18)20)15-7-5-11-6-8-17(3)16-11/h6,8,10,12,15H,4-5,7,9H2,1-3H3. The van der Waals surface area contributed by atoms with Gasteiger partial charge in [-0.3, -0.25) is 19.2 Å². The fourth-order valence-electron chi connectivity index (χ4n) is 2.43. The van der Waals surface area contributed by atoms with Crippen LogP contribution in [0.5, 0.6) is 0 Å². The number of aromatic nitrogens is 2. The van der Waals surface area contributed by atoms with Gasteiger partial charge in [0.1, 0.15) is 0 Å². The summed E-state index contributed by atoms with van der Waals surface area (Å²) in [6.45, 7) is 4.54. The van der Waals surface area contributed by atoms with E-state index in [9.17, 15) is 9.59 Å². The van der Waals surface area contributed by atoms with Crippen molar-refractivity contribution in [1.29, 1.82) is 0 Å². The van der Waals surface area contributed by atoms with Crippen LogP contribution >= 0.6 is 0 Å². The quantitative estimate of drug-likeness (QED) is 0.769. The highest BCUT2D eigenvalue weighted by Gasteiger charge is 2.40. The predicted molar refractivity (Wildman–Crippen MR) is 74.9 cm³/mol. The molecule has 2 heterocycles. The first kappa shape index (κ1) is 14.7. The van der Waals surface area contributed by atoms with Gasteiger partial charge >= 0.3 is 0 Å². The van der Waals surface area contributed by atoms with Gasteiger partial charge < -0.3 is 5.32 Å². The van der Waals surface area contributed by atoms with E-state index in [1.54, 1.807) is 4.68 Å².